The number of fused-ring (bicyclic) bond motifs is 1. The summed E-state index contributed by atoms with van der Waals surface area (Å²) in [7, 11) is 0. The lowest BCUT2D eigenvalue weighted by molar-refractivity contribution is 0.247. The zero-order chi connectivity index (χ0) is 20.5. The maximum absolute atomic E-state index is 13.2. The molecular weight excluding hydrogens is 397 g/mol. The number of aromatic hydroxyl groups is 1. The summed E-state index contributed by atoms with van der Waals surface area (Å²) in [5, 5.41) is 11.4. The standard InChI is InChI=1S/C24H22FN3OS/c25-19-6-8-20(9-7-19)28-13-11-27(12-14-28)16-18-15-17(5-10-22(18)29)24-26-21-3-1-2-4-23(21)30-24/h1-10,15,29H,11-14,16H2. The van der Waals surface area contributed by atoms with E-state index in [-0.39, 0.29) is 5.82 Å². The van der Waals surface area contributed by atoms with Crippen LogP contribution in [0, 0.1) is 5.82 Å². The Morgan fingerprint density at radius 1 is 0.933 bits per heavy atom. The van der Waals surface area contributed by atoms with Crippen molar-refractivity contribution in [1.29, 1.82) is 0 Å². The van der Waals surface area contributed by atoms with Crippen LogP contribution in [0.3, 0.4) is 0 Å². The van der Waals surface area contributed by atoms with Crippen LogP contribution in [0.25, 0.3) is 20.8 Å². The fourth-order valence-electron chi connectivity index (χ4n) is 3.90. The van der Waals surface area contributed by atoms with Crippen molar-refractivity contribution >= 4 is 27.2 Å². The zero-order valence-corrected chi connectivity index (χ0v) is 17.3. The minimum absolute atomic E-state index is 0.208. The number of nitrogens with zero attached hydrogens (tertiary/aromatic N) is 3. The molecule has 1 fully saturated rings. The van der Waals surface area contributed by atoms with Gasteiger partial charge in [0.1, 0.15) is 16.6 Å². The van der Waals surface area contributed by atoms with Gasteiger partial charge in [0.25, 0.3) is 0 Å². The summed E-state index contributed by atoms with van der Waals surface area (Å²) in [6.45, 7) is 4.24. The summed E-state index contributed by atoms with van der Waals surface area (Å²) < 4.78 is 14.3. The number of phenols is 1. The first-order chi connectivity index (χ1) is 14.7. The van der Waals surface area contributed by atoms with Crippen molar-refractivity contribution in [2.75, 3.05) is 31.1 Å². The van der Waals surface area contributed by atoms with Gasteiger partial charge in [-0.3, -0.25) is 4.90 Å². The van der Waals surface area contributed by atoms with E-state index < -0.39 is 0 Å². The molecule has 1 aromatic heterocycles. The molecule has 1 saturated heterocycles. The third-order valence-corrected chi connectivity index (χ3v) is 6.66. The molecule has 0 aliphatic carbocycles. The topological polar surface area (TPSA) is 39.6 Å². The number of aromatic nitrogens is 1. The zero-order valence-electron chi connectivity index (χ0n) is 16.5. The first-order valence-corrected chi connectivity index (χ1v) is 10.9. The third kappa shape index (κ3) is 3.88. The summed E-state index contributed by atoms with van der Waals surface area (Å²) in [6.07, 6.45) is 0. The van der Waals surface area contributed by atoms with Crippen molar-refractivity contribution in [1.82, 2.24) is 9.88 Å². The van der Waals surface area contributed by atoms with Gasteiger partial charge in [0.15, 0.2) is 0 Å². The average molecular weight is 420 g/mol. The molecular formula is C24H22FN3OS. The van der Waals surface area contributed by atoms with E-state index in [1.165, 1.54) is 16.8 Å². The predicted molar refractivity (Wildman–Crippen MR) is 121 cm³/mol. The number of hydrogen-bond donors (Lipinski definition) is 1. The molecule has 152 valence electrons. The van der Waals surface area contributed by atoms with Crippen LogP contribution >= 0.6 is 11.3 Å². The summed E-state index contributed by atoms with van der Waals surface area (Å²) in [5.74, 6) is 0.113. The highest BCUT2D eigenvalue weighted by atomic mass is 32.1. The summed E-state index contributed by atoms with van der Waals surface area (Å²) >= 11 is 1.67. The smallest absolute Gasteiger partial charge is 0.124 e. The Morgan fingerprint density at radius 2 is 1.70 bits per heavy atom. The predicted octanol–water partition coefficient (Wildman–Crippen LogP) is 5.13. The minimum Gasteiger partial charge on any atom is -0.508 e. The Balaban J connectivity index is 1.29. The fraction of sp³-hybridized carbons (Fsp3) is 0.208. The molecule has 5 rings (SSSR count). The molecule has 4 aromatic rings. The van der Waals surface area contributed by atoms with Crippen LogP contribution in [0.15, 0.2) is 66.7 Å². The molecule has 2 heterocycles. The molecule has 1 N–H and O–H groups in total. The second kappa shape index (κ2) is 8.05. The Kier molecular flexibility index (Phi) is 5.11. The minimum atomic E-state index is -0.208. The van der Waals surface area contributed by atoms with Crippen LogP contribution in [-0.4, -0.2) is 41.2 Å². The highest BCUT2D eigenvalue weighted by Gasteiger charge is 2.19. The van der Waals surface area contributed by atoms with E-state index in [0.29, 0.717) is 12.3 Å². The van der Waals surface area contributed by atoms with Crippen LogP contribution in [0.4, 0.5) is 10.1 Å². The molecule has 0 amide bonds. The van der Waals surface area contributed by atoms with Gasteiger partial charge in [0.05, 0.1) is 10.2 Å². The molecule has 30 heavy (non-hydrogen) atoms. The van der Waals surface area contributed by atoms with Gasteiger partial charge in [-0.25, -0.2) is 9.37 Å². The van der Waals surface area contributed by atoms with Crippen LogP contribution < -0.4 is 4.90 Å². The Labute approximate surface area is 178 Å². The lowest BCUT2D eigenvalue weighted by Crippen LogP contribution is -2.45. The molecule has 0 bridgehead atoms. The molecule has 0 atom stereocenters. The summed E-state index contributed by atoms with van der Waals surface area (Å²) in [5.41, 5.74) is 4.01. The first kappa shape index (κ1) is 19.0. The van der Waals surface area contributed by atoms with Crippen molar-refractivity contribution < 1.29 is 9.50 Å². The van der Waals surface area contributed by atoms with Crippen LogP contribution in [0.1, 0.15) is 5.56 Å². The van der Waals surface area contributed by atoms with Crippen molar-refractivity contribution in [2.24, 2.45) is 0 Å². The normalized spacial score (nSPS) is 15.0. The van der Waals surface area contributed by atoms with E-state index in [2.05, 4.69) is 21.9 Å². The molecule has 0 spiro atoms. The van der Waals surface area contributed by atoms with Crippen LogP contribution in [-0.2, 0) is 6.54 Å². The van der Waals surface area contributed by atoms with Gasteiger partial charge in [0, 0.05) is 49.5 Å². The molecule has 0 radical (unpaired) electrons. The molecule has 3 aromatic carbocycles. The number of phenolic OH excluding ortho intramolecular Hbond substituents is 1. The Bertz CT molecular complexity index is 1130. The fourth-order valence-corrected chi connectivity index (χ4v) is 4.86. The van der Waals surface area contributed by atoms with Crippen molar-refractivity contribution in [3.8, 4) is 16.3 Å². The van der Waals surface area contributed by atoms with Gasteiger partial charge in [0.2, 0.25) is 0 Å². The number of halogens is 1. The van der Waals surface area contributed by atoms with Crippen molar-refractivity contribution in [3.05, 3.63) is 78.1 Å². The molecule has 4 nitrogen and oxygen atoms in total. The Hall–Kier alpha value is -2.96. The molecule has 1 aliphatic rings. The van der Waals surface area contributed by atoms with E-state index in [1.807, 2.05) is 36.4 Å². The van der Waals surface area contributed by atoms with Gasteiger partial charge < -0.3 is 10.0 Å². The number of para-hydroxylation sites is 1. The van der Waals surface area contributed by atoms with Crippen molar-refractivity contribution in [3.63, 3.8) is 0 Å². The van der Waals surface area contributed by atoms with Gasteiger partial charge in [-0.2, -0.15) is 0 Å². The number of benzene rings is 3. The number of rotatable bonds is 4. The SMILES string of the molecule is Oc1ccc(-c2nc3ccccc3s2)cc1CN1CCN(c2ccc(F)cc2)CC1. The summed E-state index contributed by atoms with van der Waals surface area (Å²) in [6, 6.07) is 20.6. The molecule has 0 unspecified atom stereocenters. The third-order valence-electron chi connectivity index (χ3n) is 5.58. The second-order valence-corrected chi connectivity index (χ2v) is 8.60. The number of anilines is 1. The second-order valence-electron chi connectivity index (χ2n) is 7.57. The highest BCUT2D eigenvalue weighted by molar-refractivity contribution is 7.21. The van der Waals surface area contributed by atoms with E-state index in [9.17, 15) is 9.50 Å². The van der Waals surface area contributed by atoms with Gasteiger partial charge in [-0.1, -0.05) is 12.1 Å². The van der Waals surface area contributed by atoms with Gasteiger partial charge >= 0.3 is 0 Å². The van der Waals surface area contributed by atoms with Crippen LogP contribution in [0.2, 0.25) is 0 Å². The maximum atomic E-state index is 13.2. The maximum Gasteiger partial charge on any atom is 0.124 e. The Morgan fingerprint density at radius 3 is 2.47 bits per heavy atom. The van der Waals surface area contributed by atoms with E-state index in [0.717, 1.165) is 53.5 Å². The number of hydrogen-bond acceptors (Lipinski definition) is 5. The molecule has 6 heteroatoms. The van der Waals surface area contributed by atoms with Crippen molar-refractivity contribution in [2.45, 2.75) is 6.54 Å². The van der Waals surface area contributed by atoms with E-state index in [1.54, 1.807) is 17.4 Å². The highest BCUT2D eigenvalue weighted by Crippen LogP contribution is 2.33. The number of thiazole rings is 1. The van der Waals surface area contributed by atoms with Gasteiger partial charge in [-0.15, -0.1) is 11.3 Å². The van der Waals surface area contributed by atoms with Gasteiger partial charge in [-0.05, 0) is 54.6 Å². The van der Waals surface area contributed by atoms with Crippen LogP contribution in [0.5, 0.6) is 5.75 Å². The largest absolute Gasteiger partial charge is 0.508 e. The molecule has 0 saturated carbocycles. The molecule has 1 aliphatic heterocycles. The number of piperazine rings is 1. The van der Waals surface area contributed by atoms with E-state index in [4.69, 9.17) is 4.98 Å². The lowest BCUT2D eigenvalue weighted by atomic mass is 10.1. The lowest BCUT2D eigenvalue weighted by Gasteiger charge is -2.36. The summed E-state index contributed by atoms with van der Waals surface area (Å²) in [4.78, 5) is 9.36. The average Bonchev–Trinajstić information content (AvgIpc) is 3.21. The van der Waals surface area contributed by atoms with E-state index >= 15 is 0 Å². The quantitative estimate of drug-likeness (QED) is 0.498. The first-order valence-electron chi connectivity index (χ1n) is 10.1. The monoisotopic (exact) mass is 419 g/mol.